The van der Waals surface area contributed by atoms with E-state index in [0.29, 0.717) is 6.04 Å². The molecule has 0 aliphatic rings. The maximum Gasteiger partial charge on any atom is 0.0474 e. The lowest BCUT2D eigenvalue weighted by Gasteiger charge is -2.17. The zero-order valence-corrected chi connectivity index (χ0v) is 10.8. The van der Waals surface area contributed by atoms with E-state index in [1.54, 1.807) is 7.11 Å². The van der Waals surface area contributed by atoms with Gasteiger partial charge in [0.15, 0.2) is 0 Å². The van der Waals surface area contributed by atoms with Crippen molar-refractivity contribution in [3.63, 3.8) is 0 Å². The van der Waals surface area contributed by atoms with Crippen molar-refractivity contribution in [1.82, 2.24) is 5.32 Å². The highest BCUT2D eigenvalue weighted by Gasteiger charge is 2.07. The SMILES string of the molecule is CCC(NCCCOC)c1cccc(Cl)c1. The predicted octanol–water partition coefficient (Wildman–Crippen LogP) is 3.42. The summed E-state index contributed by atoms with van der Waals surface area (Å²) in [4.78, 5) is 0. The molecule has 0 aromatic heterocycles. The third-order valence-corrected chi connectivity index (χ3v) is 2.81. The zero-order chi connectivity index (χ0) is 11.8. The van der Waals surface area contributed by atoms with Crippen LogP contribution >= 0.6 is 11.6 Å². The van der Waals surface area contributed by atoms with E-state index in [1.165, 1.54) is 5.56 Å². The number of benzene rings is 1. The summed E-state index contributed by atoms with van der Waals surface area (Å²) in [7, 11) is 1.73. The van der Waals surface area contributed by atoms with Crippen molar-refractivity contribution in [1.29, 1.82) is 0 Å². The van der Waals surface area contributed by atoms with Crippen LogP contribution in [0.2, 0.25) is 5.02 Å². The van der Waals surface area contributed by atoms with Gasteiger partial charge in [-0.3, -0.25) is 0 Å². The Morgan fingerprint density at radius 3 is 2.88 bits per heavy atom. The first-order valence-electron chi connectivity index (χ1n) is 5.75. The van der Waals surface area contributed by atoms with Crippen LogP contribution in [-0.2, 0) is 4.74 Å². The van der Waals surface area contributed by atoms with Gasteiger partial charge in [0, 0.05) is 24.8 Å². The van der Waals surface area contributed by atoms with Crippen LogP contribution in [-0.4, -0.2) is 20.3 Å². The molecule has 1 aromatic carbocycles. The van der Waals surface area contributed by atoms with Crippen LogP contribution in [0.15, 0.2) is 24.3 Å². The van der Waals surface area contributed by atoms with E-state index in [-0.39, 0.29) is 0 Å². The lowest BCUT2D eigenvalue weighted by molar-refractivity contribution is 0.193. The topological polar surface area (TPSA) is 21.3 Å². The van der Waals surface area contributed by atoms with Gasteiger partial charge in [-0.2, -0.15) is 0 Å². The number of ether oxygens (including phenoxy) is 1. The standard InChI is InChI=1S/C13H20ClNO/c1-3-13(15-8-5-9-16-2)11-6-4-7-12(14)10-11/h4,6-7,10,13,15H,3,5,8-9H2,1-2H3. The number of hydrogen-bond acceptors (Lipinski definition) is 2. The first-order chi connectivity index (χ1) is 7.77. The minimum absolute atomic E-state index is 0.385. The molecule has 0 radical (unpaired) electrons. The summed E-state index contributed by atoms with van der Waals surface area (Å²) in [5.74, 6) is 0. The molecule has 1 aromatic rings. The Kier molecular flexibility index (Phi) is 6.46. The van der Waals surface area contributed by atoms with E-state index in [1.807, 2.05) is 18.2 Å². The summed E-state index contributed by atoms with van der Waals surface area (Å²) in [6, 6.07) is 8.43. The van der Waals surface area contributed by atoms with Crippen molar-refractivity contribution in [3.05, 3.63) is 34.9 Å². The number of halogens is 1. The lowest BCUT2D eigenvalue weighted by Crippen LogP contribution is -2.22. The summed E-state index contributed by atoms with van der Waals surface area (Å²) in [6.45, 7) is 3.95. The molecule has 90 valence electrons. The van der Waals surface area contributed by atoms with Gasteiger partial charge in [0.05, 0.1) is 0 Å². The van der Waals surface area contributed by atoms with Gasteiger partial charge in [-0.05, 0) is 37.1 Å². The van der Waals surface area contributed by atoms with Crippen molar-refractivity contribution in [3.8, 4) is 0 Å². The molecule has 0 heterocycles. The molecule has 1 atom stereocenters. The van der Waals surface area contributed by atoms with Crippen molar-refractivity contribution in [2.75, 3.05) is 20.3 Å². The van der Waals surface area contributed by atoms with Gasteiger partial charge in [-0.1, -0.05) is 30.7 Å². The highest BCUT2D eigenvalue weighted by Crippen LogP contribution is 2.20. The maximum atomic E-state index is 5.98. The second-order valence-corrected chi connectivity index (χ2v) is 4.25. The van der Waals surface area contributed by atoms with E-state index >= 15 is 0 Å². The Balaban J connectivity index is 2.47. The van der Waals surface area contributed by atoms with Crippen LogP contribution in [0.4, 0.5) is 0 Å². The summed E-state index contributed by atoms with van der Waals surface area (Å²) in [6.07, 6.45) is 2.10. The molecule has 1 rings (SSSR count). The molecule has 0 saturated heterocycles. The van der Waals surface area contributed by atoms with Gasteiger partial charge in [0.25, 0.3) is 0 Å². The molecule has 16 heavy (non-hydrogen) atoms. The van der Waals surface area contributed by atoms with E-state index in [9.17, 15) is 0 Å². The van der Waals surface area contributed by atoms with Crippen LogP contribution in [0.1, 0.15) is 31.4 Å². The van der Waals surface area contributed by atoms with E-state index in [0.717, 1.165) is 31.0 Å². The smallest absolute Gasteiger partial charge is 0.0474 e. The predicted molar refractivity (Wildman–Crippen MR) is 69.0 cm³/mol. The molecule has 0 aliphatic heterocycles. The second-order valence-electron chi connectivity index (χ2n) is 3.82. The number of nitrogens with one attached hydrogen (secondary N) is 1. The second kappa shape index (κ2) is 7.66. The molecule has 0 aliphatic carbocycles. The highest BCUT2D eigenvalue weighted by atomic mass is 35.5. The molecule has 0 amide bonds. The average molecular weight is 242 g/mol. The van der Waals surface area contributed by atoms with Crippen molar-refractivity contribution in [2.45, 2.75) is 25.8 Å². The molecule has 0 saturated carbocycles. The third-order valence-electron chi connectivity index (χ3n) is 2.58. The van der Waals surface area contributed by atoms with Crippen LogP contribution < -0.4 is 5.32 Å². The van der Waals surface area contributed by atoms with Gasteiger partial charge in [0.2, 0.25) is 0 Å². The van der Waals surface area contributed by atoms with Gasteiger partial charge in [0.1, 0.15) is 0 Å². The van der Waals surface area contributed by atoms with E-state index in [2.05, 4.69) is 18.3 Å². The van der Waals surface area contributed by atoms with Crippen molar-refractivity contribution >= 4 is 11.6 Å². The molecule has 1 unspecified atom stereocenters. The monoisotopic (exact) mass is 241 g/mol. The largest absolute Gasteiger partial charge is 0.385 e. The first-order valence-corrected chi connectivity index (χ1v) is 6.13. The van der Waals surface area contributed by atoms with Gasteiger partial charge < -0.3 is 10.1 Å². The molecule has 2 nitrogen and oxygen atoms in total. The fourth-order valence-corrected chi connectivity index (χ4v) is 1.91. The van der Waals surface area contributed by atoms with E-state index < -0.39 is 0 Å². The Morgan fingerprint density at radius 1 is 1.44 bits per heavy atom. The maximum absolute atomic E-state index is 5.98. The first kappa shape index (κ1) is 13.5. The Morgan fingerprint density at radius 2 is 2.25 bits per heavy atom. The minimum atomic E-state index is 0.385. The molecule has 0 fully saturated rings. The molecular formula is C13H20ClNO. The zero-order valence-electron chi connectivity index (χ0n) is 10.0. The van der Waals surface area contributed by atoms with Crippen molar-refractivity contribution < 1.29 is 4.74 Å². The van der Waals surface area contributed by atoms with Gasteiger partial charge in [-0.15, -0.1) is 0 Å². The average Bonchev–Trinajstić information content (AvgIpc) is 2.29. The minimum Gasteiger partial charge on any atom is -0.385 e. The fraction of sp³-hybridized carbons (Fsp3) is 0.538. The summed E-state index contributed by atoms with van der Waals surface area (Å²) >= 11 is 5.98. The normalized spacial score (nSPS) is 12.7. The number of methoxy groups -OCH3 is 1. The fourth-order valence-electron chi connectivity index (χ4n) is 1.71. The van der Waals surface area contributed by atoms with E-state index in [4.69, 9.17) is 16.3 Å². The van der Waals surface area contributed by atoms with Crippen LogP contribution in [0.5, 0.6) is 0 Å². The Bertz CT molecular complexity index is 304. The Labute approximate surface area is 103 Å². The summed E-state index contributed by atoms with van der Waals surface area (Å²) < 4.78 is 5.02. The molecule has 0 spiro atoms. The summed E-state index contributed by atoms with van der Waals surface area (Å²) in [5, 5.41) is 4.31. The van der Waals surface area contributed by atoms with Gasteiger partial charge in [-0.25, -0.2) is 0 Å². The lowest BCUT2D eigenvalue weighted by atomic mass is 10.0. The van der Waals surface area contributed by atoms with Crippen LogP contribution in [0, 0.1) is 0 Å². The molecule has 1 N–H and O–H groups in total. The molecular weight excluding hydrogens is 222 g/mol. The number of rotatable bonds is 7. The highest BCUT2D eigenvalue weighted by molar-refractivity contribution is 6.30. The third kappa shape index (κ3) is 4.52. The Hall–Kier alpha value is -0.570. The van der Waals surface area contributed by atoms with Gasteiger partial charge >= 0.3 is 0 Å². The van der Waals surface area contributed by atoms with Crippen LogP contribution in [0.3, 0.4) is 0 Å². The molecule has 0 bridgehead atoms. The molecule has 3 heteroatoms. The van der Waals surface area contributed by atoms with Crippen molar-refractivity contribution in [2.24, 2.45) is 0 Å². The quantitative estimate of drug-likeness (QED) is 0.739. The number of hydrogen-bond donors (Lipinski definition) is 1. The summed E-state index contributed by atoms with van der Waals surface area (Å²) in [5.41, 5.74) is 1.26. The van der Waals surface area contributed by atoms with Crippen LogP contribution in [0.25, 0.3) is 0 Å².